The highest BCUT2D eigenvalue weighted by atomic mass is 19.1. The minimum absolute atomic E-state index is 0.00511. The van der Waals surface area contributed by atoms with E-state index >= 15 is 0 Å². The second-order valence-corrected chi connectivity index (χ2v) is 6.30. The Bertz CT molecular complexity index is 1020. The van der Waals surface area contributed by atoms with Crippen molar-refractivity contribution in [1.29, 1.82) is 0 Å². The van der Waals surface area contributed by atoms with E-state index in [2.05, 4.69) is 20.8 Å². The molecule has 0 saturated heterocycles. The normalized spacial score (nSPS) is 10.6. The van der Waals surface area contributed by atoms with Crippen molar-refractivity contribution in [3.63, 3.8) is 0 Å². The first kappa shape index (κ1) is 20.1. The van der Waals surface area contributed by atoms with Crippen LogP contribution in [0.2, 0.25) is 0 Å². The van der Waals surface area contributed by atoms with E-state index in [1.807, 2.05) is 0 Å². The first-order valence-corrected chi connectivity index (χ1v) is 8.86. The Kier molecular flexibility index (Phi) is 6.28. The fourth-order valence-electron chi connectivity index (χ4n) is 2.58. The molecule has 2 amide bonds. The molecule has 29 heavy (non-hydrogen) atoms. The number of halogens is 2. The van der Waals surface area contributed by atoms with Crippen LogP contribution < -0.4 is 10.6 Å². The molecule has 3 aromatic rings. The van der Waals surface area contributed by atoms with Gasteiger partial charge in [0.2, 0.25) is 23.5 Å². The average molecular weight is 400 g/mol. The van der Waals surface area contributed by atoms with Crippen molar-refractivity contribution in [2.75, 3.05) is 10.6 Å². The molecule has 0 spiro atoms. The topological polar surface area (TPSA) is 97.1 Å². The molecule has 0 fully saturated rings. The van der Waals surface area contributed by atoms with Crippen LogP contribution in [-0.2, 0) is 16.0 Å². The first-order valence-electron chi connectivity index (χ1n) is 8.86. The summed E-state index contributed by atoms with van der Waals surface area (Å²) in [6.45, 7) is 1.27. The van der Waals surface area contributed by atoms with Gasteiger partial charge in [-0.3, -0.25) is 9.59 Å². The molecule has 0 saturated carbocycles. The van der Waals surface area contributed by atoms with Crippen molar-refractivity contribution in [3.05, 3.63) is 60.0 Å². The summed E-state index contributed by atoms with van der Waals surface area (Å²) < 4.78 is 31.7. The Morgan fingerprint density at radius 3 is 2.55 bits per heavy atom. The summed E-state index contributed by atoms with van der Waals surface area (Å²) in [4.78, 5) is 27.4. The Morgan fingerprint density at radius 2 is 1.83 bits per heavy atom. The Morgan fingerprint density at radius 1 is 1.07 bits per heavy atom. The minimum atomic E-state index is -0.591. The number of rotatable bonds is 7. The van der Waals surface area contributed by atoms with Crippen molar-refractivity contribution >= 4 is 23.2 Å². The molecule has 0 atom stereocenters. The van der Waals surface area contributed by atoms with Crippen LogP contribution in [-0.4, -0.2) is 22.0 Å². The summed E-state index contributed by atoms with van der Waals surface area (Å²) in [6.07, 6.45) is 1.03. The Hall–Kier alpha value is -3.62. The summed E-state index contributed by atoms with van der Waals surface area (Å²) in [5.41, 5.74) is 0.997. The highest BCUT2D eigenvalue weighted by molar-refractivity contribution is 5.93. The van der Waals surface area contributed by atoms with Crippen molar-refractivity contribution in [2.45, 2.75) is 26.2 Å². The van der Waals surface area contributed by atoms with Crippen LogP contribution in [0.15, 0.2) is 47.0 Å². The van der Waals surface area contributed by atoms with E-state index in [0.717, 1.165) is 6.07 Å². The van der Waals surface area contributed by atoms with Gasteiger partial charge >= 0.3 is 0 Å². The third kappa shape index (κ3) is 5.68. The molecular weight excluding hydrogens is 382 g/mol. The Balaban J connectivity index is 1.50. The Labute approximate surface area is 165 Å². The van der Waals surface area contributed by atoms with Gasteiger partial charge in [-0.05, 0) is 48.9 Å². The van der Waals surface area contributed by atoms with Gasteiger partial charge in [-0.1, -0.05) is 5.16 Å². The molecular formula is C20H18F2N4O3. The predicted octanol–water partition coefficient (Wildman–Crippen LogP) is 3.93. The van der Waals surface area contributed by atoms with Gasteiger partial charge in [0.05, 0.1) is 5.69 Å². The summed E-state index contributed by atoms with van der Waals surface area (Å²) >= 11 is 0. The third-order valence-corrected chi connectivity index (χ3v) is 3.93. The summed E-state index contributed by atoms with van der Waals surface area (Å²) in [5.74, 6) is -0.913. The summed E-state index contributed by atoms with van der Waals surface area (Å²) in [6, 6.07) is 9.64. The van der Waals surface area contributed by atoms with Gasteiger partial charge in [0.1, 0.15) is 11.6 Å². The lowest BCUT2D eigenvalue weighted by atomic mass is 10.2. The van der Waals surface area contributed by atoms with Gasteiger partial charge < -0.3 is 15.2 Å². The zero-order chi connectivity index (χ0) is 20.8. The van der Waals surface area contributed by atoms with Crippen LogP contribution in [0.3, 0.4) is 0 Å². The van der Waals surface area contributed by atoms with E-state index < -0.39 is 11.7 Å². The zero-order valence-corrected chi connectivity index (χ0v) is 15.5. The largest absolute Gasteiger partial charge is 0.339 e. The van der Waals surface area contributed by atoms with E-state index in [-0.39, 0.29) is 23.8 Å². The van der Waals surface area contributed by atoms with Crippen LogP contribution in [0.4, 0.5) is 20.2 Å². The first-order chi connectivity index (χ1) is 13.9. The van der Waals surface area contributed by atoms with Gasteiger partial charge in [-0.25, -0.2) is 8.78 Å². The highest BCUT2D eigenvalue weighted by Gasteiger charge is 2.11. The number of amides is 2. The molecule has 3 rings (SSSR count). The molecule has 0 radical (unpaired) electrons. The monoisotopic (exact) mass is 400 g/mol. The number of carbonyl (C=O) groups is 2. The van der Waals surface area contributed by atoms with E-state index in [1.165, 1.54) is 31.2 Å². The molecule has 2 N–H and O–H groups in total. The van der Waals surface area contributed by atoms with Crippen LogP contribution in [0.25, 0.3) is 11.4 Å². The smallest absolute Gasteiger partial charge is 0.226 e. The maximum absolute atomic E-state index is 13.6. The van der Waals surface area contributed by atoms with E-state index in [0.29, 0.717) is 35.8 Å². The number of nitrogens with zero attached hydrogens (tertiary/aromatic N) is 2. The number of nitrogens with one attached hydrogen (secondary N) is 2. The zero-order valence-electron chi connectivity index (χ0n) is 15.5. The molecule has 0 aliphatic heterocycles. The van der Waals surface area contributed by atoms with Crippen molar-refractivity contribution in [1.82, 2.24) is 10.1 Å². The molecule has 1 aromatic heterocycles. The molecule has 150 valence electrons. The van der Waals surface area contributed by atoms with Crippen molar-refractivity contribution in [2.24, 2.45) is 0 Å². The lowest BCUT2D eigenvalue weighted by Gasteiger charge is -2.08. The number of benzene rings is 2. The van der Waals surface area contributed by atoms with Crippen LogP contribution in [0.1, 0.15) is 25.7 Å². The number of aryl methyl sites for hydroxylation is 1. The molecule has 7 nitrogen and oxygen atoms in total. The highest BCUT2D eigenvalue weighted by Crippen LogP contribution is 2.20. The van der Waals surface area contributed by atoms with E-state index in [4.69, 9.17) is 4.52 Å². The summed E-state index contributed by atoms with van der Waals surface area (Å²) in [5, 5.41) is 8.85. The number of anilines is 2. The van der Waals surface area contributed by atoms with E-state index in [1.54, 1.807) is 12.1 Å². The molecule has 0 bridgehead atoms. The summed E-state index contributed by atoms with van der Waals surface area (Å²) in [7, 11) is 0. The molecule has 9 heteroatoms. The fraction of sp³-hybridized carbons (Fsp3) is 0.200. The van der Waals surface area contributed by atoms with Crippen molar-refractivity contribution < 1.29 is 22.9 Å². The van der Waals surface area contributed by atoms with Crippen molar-refractivity contribution in [3.8, 4) is 11.4 Å². The lowest BCUT2D eigenvalue weighted by molar-refractivity contribution is -0.116. The number of hydrogen-bond donors (Lipinski definition) is 2. The van der Waals surface area contributed by atoms with Gasteiger partial charge in [0.15, 0.2) is 0 Å². The lowest BCUT2D eigenvalue weighted by Crippen LogP contribution is -2.13. The number of hydrogen-bond acceptors (Lipinski definition) is 5. The SMILES string of the molecule is CC(=O)Nc1cc(NC(=O)CCCc2nc(-c3ccc(F)cc3)no2)ccc1F. The van der Waals surface area contributed by atoms with E-state index in [9.17, 15) is 18.4 Å². The third-order valence-electron chi connectivity index (χ3n) is 3.93. The van der Waals surface area contributed by atoms with Gasteiger partial charge in [0.25, 0.3) is 0 Å². The van der Waals surface area contributed by atoms with Crippen LogP contribution >= 0.6 is 0 Å². The van der Waals surface area contributed by atoms with Gasteiger partial charge in [0, 0.05) is 31.0 Å². The maximum Gasteiger partial charge on any atom is 0.226 e. The quantitative estimate of drug-likeness (QED) is 0.626. The second-order valence-electron chi connectivity index (χ2n) is 6.30. The molecule has 0 aliphatic rings. The molecule has 1 heterocycles. The molecule has 2 aromatic carbocycles. The average Bonchev–Trinajstić information content (AvgIpc) is 3.13. The number of aromatic nitrogens is 2. The predicted molar refractivity (Wildman–Crippen MR) is 102 cm³/mol. The number of carbonyl (C=O) groups excluding carboxylic acids is 2. The standard InChI is InChI=1S/C20H18F2N4O3/c1-12(27)23-17-11-15(9-10-16(17)22)24-18(28)3-2-4-19-25-20(26-29-19)13-5-7-14(21)8-6-13/h5-11H,2-4H2,1H3,(H,23,27)(H,24,28). The molecule has 0 unspecified atom stereocenters. The molecule has 0 aliphatic carbocycles. The minimum Gasteiger partial charge on any atom is -0.339 e. The maximum atomic E-state index is 13.6. The van der Waals surface area contributed by atoms with Crippen LogP contribution in [0, 0.1) is 11.6 Å². The van der Waals surface area contributed by atoms with Crippen LogP contribution in [0.5, 0.6) is 0 Å². The fourth-order valence-corrected chi connectivity index (χ4v) is 2.58. The second kappa shape index (κ2) is 9.05. The van der Waals surface area contributed by atoms with Gasteiger partial charge in [-0.15, -0.1) is 0 Å². The van der Waals surface area contributed by atoms with Gasteiger partial charge in [-0.2, -0.15) is 4.98 Å².